The minimum Gasteiger partial charge on any atom is -0.460 e. The highest BCUT2D eigenvalue weighted by Crippen LogP contribution is 2.41. The van der Waals surface area contributed by atoms with E-state index in [1.807, 2.05) is 27.7 Å². The van der Waals surface area contributed by atoms with Gasteiger partial charge in [-0.3, -0.25) is 4.79 Å². The van der Waals surface area contributed by atoms with Crippen LogP contribution in [0, 0.1) is 0 Å². The fraction of sp³-hybridized carbons (Fsp3) is 0.536. The van der Waals surface area contributed by atoms with Crippen molar-refractivity contribution in [1.29, 1.82) is 0 Å². The molecule has 4 heteroatoms. The van der Waals surface area contributed by atoms with Crippen LogP contribution in [-0.4, -0.2) is 11.6 Å². The van der Waals surface area contributed by atoms with Gasteiger partial charge in [0, 0.05) is 6.04 Å². The minimum atomic E-state index is -0.396. The Bertz CT molecular complexity index is 862. The molecule has 0 bridgehead atoms. The predicted molar refractivity (Wildman–Crippen MR) is 136 cm³/mol. The third-order valence-corrected chi connectivity index (χ3v) is 5.91. The number of benzene rings is 2. The van der Waals surface area contributed by atoms with Gasteiger partial charge in [0.1, 0.15) is 5.60 Å². The van der Waals surface area contributed by atoms with Gasteiger partial charge in [0.15, 0.2) is 0 Å². The molecule has 0 saturated heterocycles. The molecule has 2 aromatic carbocycles. The van der Waals surface area contributed by atoms with Crippen LogP contribution in [0.15, 0.2) is 48.5 Å². The van der Waals surface area contributed by atoms with Gasteiger partial charge >= 0.3 is 5.97 Å². The number of rotatable bonds is 6. The smallest absolute Gasteiger partial charge is 0.306 e. The van der Waals surface area contributed by atoms with Gasteiger partial charge in [-0.05, 0) is 93.4 Å². The van der Waals surface area contributed by atoms with Gasteiger partial charge in [-0.2, -0.15) is 0 Å². The minimum absolute atomic E-state index is 0. The zero-order valence-corrected chi connectivity index (χ0v) is 21.1. The molecule has 0 radical (unpaired) electrons. The Labute approximate surface area is 200 Å². The van der Waals surface area contributed by atoms with E-state index in [1.165, 1.54) is 47.9 Å². The zero-order valence-electron chi connectivity index (χ0n) is 20.3. The average molecular weight is 458 g/mol. The molecule has 0 amide bonds. The molecule has 176 valence electrons. The van der Waals surface area contributed by atoms with Crippen molar-refractivity contribution in [2.45, 2.75) is 96.1 Å². The number of halogens is 1. The summed E-state index contributed by atoms with van der Waals surface area (Å²) < 4.78 is 5.38. The lowest BCUT2D eigenvalue weighted by Crippen LogP contribution is -2.24. The van der Waals surface area contributed by atoms with E-state index in [2.05, 4.69) is 55.5 Å². The van der Waals surface area contributed by atoms with E-state index >= 15 is 0 Å². The van der Waals surface area contributed by atoms with Gasteiger partial charge < -0.3 is 10.5 Å². The molecule has 32 heavy (non-hydrogen) atoms. The summed E-state index contributed by atoms with van der Waals surface area (Å²) in [5.74, 6) is 1.70. The monoisotopic (exact) mass is 457 g/mol. The molecule has 0 heterocycles. The first-order chi connectivity index (χ1) is 14.6. The second-order valence-electron chi connectivity index (χ2n) is 10.4. The number of carbonyl (C=O) groups excluding carboxylic acids is 1. The van der Waals surface area contributed by atoms with Crippen molar-refractivity contribution in [2.24, 2.45) is 5.73 Å². The van der Waals surface area contributed by atoms with Crippen LogP contribution in [0.4, 0.5) is 0 Å². The molecule has 0 unspecified atom stereocenters. The number of hydrogen-bond donors (Lipinski definition) is 1. The summed E-state index contributed by atoms with van der Waals surface area (Å²) in [5.41, 5.74) is 10.8. The quantitative estimate of drug-likeness (QED) is 0.459. The Morgan fingerprint density at radius 2 is 1.41 bits per heavy atom. The standard InChI is InChI=1S/C17H24O2.C11H15N.ClH/c1-12(10-16(18)19-17(2,3)4)14-6-5-7-15(11-14)13-8-9-13;1-8(12)10-3-2-4-11(7-10)9-5-6-9;/h5-7,11-13H,8-10H2,1-4H3;2-4,7-9H,5-6,12H2,1H3;1H/t12-;8-;/m01./s1. The fourth-order valence-corrected chi connectivity index (χ4v) is 3.80. The van der Waals surface area contributed by atoms with Crippen LogP contribution in [0.5, 0.6) is 0 Å². The maximum absolute atomic E-state index is 11.9. The average Bonchev–Trinajstić information content (AvgIpc) is 3.60. The van der Waals surface area contributed by atoms with Gasteiger partial charge in [0.2, 0.25) is 0 Å². The number of ether oxygens (including phenoxy) is 1. The highest BCUT2D eigenvalue weighted by molar-refractivity contribution is 5.85. The molecule has 0 spiro atoms. The topological polar surface area (TPSA) is 52.3 Å². The number of nitrogens with two attached hydrogens (primary N) is 1. The Kier molecular flexibility index (Phi) is 9.36. The zero-order chi connectivity index (χ0) is 22.6. The number of esters is 1. The second-order valence-corrected chi connectivity index (χ2v) is 10.4. The van der Waals surface area contributed by atoms with Crippen LogP contribution in [0.1, 0.15) is 113 Å². The SMILES string of the molecule is C[C@@H](CC(=O)OC(C)(C)C)c1cccc(C2CC2)c1.C[C@@H](N)c1cccc(C2CC2)c1.Cl. The largest absolute Gasteiger partial charge is 0.460 e. The predicted octanol–water partition coefficient (Wildman–Crippen LogP) is 7.40. The first kappa shape index (κ1) is 26.4. The first-order valence-electron chi connectivity index (χ1n) is 11.8. The van der Waals surface area contributed by atoms with Gasteiger partial charge in [0.25, 0.3) is 0 Å². The van der Waals surface area contributed by atoms with Crippen molar-refractivity contribution in [3.8, 4) is 0 Å². The summed E-state index contributed by atoms with van der Waals surface area (Å²) in [4.78, 5) is 11.9. The third kappa shape index (κ3) is 8.60. The maximum Gasteiger partial charge on any atom is 0.306 e. The normalized spacial score (nSPS) is 17.3. The molecule has 0 aromatic heterocycles. The van der Waals surface area contributed by atoms with Crippen LogP contribution in [-0.2, 0) is 9.53 Å². The molecular weight excluding hydrogens is 418 g/mol. The summed E-state index contributed by atoms with van der Waals surface area (Å²) in [6.07, 6.45) is 5.80. The molecular formula is C28H40ClNO2. The molecule has 0 aliphatic heterocycles. The van der Waals surface area contributed by atoms with Crippen LogP contribution in [0.3, 0.4) is 0 Å². The van der Waals surface area contributed by atoms with Crippen molar-refractivity contribution >= 4 is 18.4 Å². The van der Waals surface area contributed by atoms with Gasteiger partial charge in [0.05, 0.1) is 6.42 Å². The summed E-state index contributed by atoms with van der Waals surface area (Å²) in [6.45, 7) is 9.85. The summed E-state index contributed by atoms with van der Waals surface area (Å²) in [7, 11) is 0. The van der Waals surface area contributed by atoms with E-state index in [-0.39, 0.29) is 30.3 Å². The van der Waals surface area contributed by atoms with Crippen molar-refractivity contribution < 1.29 is 9.53 Å². The molecule has 2 fully saturated rings. The third-order valence-electron chi connectivity index (χ3n) is 5.91. The Morgan fingerprint density at radius 1 is 0.938 bits per heavy atom. The summed E-state index contributed by atoms with van der Waals surface area (Å²) in [5, 5.41) is 0. The van der Waals surface area contributed by atoms with E-state index in [0.29, 0.717) is 6.42 Å². The van der Waals surface area contributed by atoms with Gasteiger partial charge in [-0.1, -0.05) is 55.5 Å². The molecule has 3 nitrogen and oxygen atoms in total. The van der Waals surface area contributed by atoms with Crippen molar-refractivity contribution in [3.05, 3.63) is 70.8 Å². The Morgan fingerprint density at radius 3 is 1.84 bits per heavy atom. The summed E-state index contributed by atoms with van der Waals surface area (Å²) >= 11 is 0. The van der Waals surface area contributed by atoms with E-state index in [1.54, 1.807) is 0 Å². The molecule has 2 aliphatic carbocycles. The first-order valence-corrected chi connectivity index (χ1v) is 11.8. The summed E-state index contributed by atoms with van der Waals surface area (Å²) in [6, 6.07) is 17.5. The van der Waals surface area contributed by atoms with Crippen molar-refractivity contribution in [1.82, 2.24) is 0 Å². The van der Waals surface area contributed by atoms with E-state index in [4.69, 9.17) is 10.5 Å². The van der Waals surface area contributed by atoms with Crippen molar-refractivity contribution in [2.75, 3.05) is 0 Å². The lowest BCUT2D eigenvalue weighted by atomic mass is 9.95. The number of carbonyl (C=O) groups is 1. The maximum atomic E-state index is 11.9. The van der Waals surface area contributed by atoms with Crippen LogP contribution in [0.25, 0.3) is 0 Å². The Hall–Kier alpha value is -1.84. The molecule has 4 rings (SSSR count). The van der Waals surface area contributed by atoms with Gasteiger partial charge in [-0.25, -0.2) is 0 Å². The Balaban J connectivity index is 0.000000241. The van der Waals surface area contributed by atoms with Crippen molar-refractivity contribution in [3.63, 3.8) is 0 Å². The molecule has 2 aromatic rings. The molecule has 2 aliphatic rings. The molecule has 2 N–H and O–H groups in total. The highest BCUT2D eigenvalue weighted by atomic mass is 35.5. The van der Waals surface area contributed by atoms with Crippen LogP contribution >= 0.6 is 12.4 Å². The van der Waals surface area contributed by atoms with E-state index in [0.717, 1.165) is 11.8 Å². The molecule has 2 saturated carbocycles. The fourth-order valence-electron chi connectivity index (χ4n) is 3.80. The lowest BCUT2D eigenvalue weighted by Gasteiger charge is -2.21. The number of hydrogen-bond acceptors (Lipinski definition) is 3. The van der Waals surface area contributed by atoms with Gasteiger partial charge in [-0.15, -0.1) is 12.4 Å². The van der Waals surface area contributed by atoms with E-state index < -0.39 is 5.60 Å². The molecule has 2 atom stereocenters. The van der Waals surface area contributed by atoms with E-state index in [9.17, 15) is 4.79 Å². The highest BCUT2D eigenvalue weighted by Gasteiger charge is 2.25. The lowest BCUT2D eigenvalue weighted by molar-refractivity contribution is -0.155. The van der Waals surface area contributed by atoms with Crippen LogP contribution in [0.2, 0.25) is 0 Å². The van der Waals surface area contributed by atoms with Crippen LogP contribution < -0.4 is 5.73 Å². The second kappa shape index (κ2) is 11.3.